The van der Waals surface area contributed by atoms with Crippen molar-refractivity contribution in [3.8, 4) is 6.07 Å². The first-order valence-corrected chi connectivity index (χ1v) is 6.84. The summed E-state index contributed by atoms with van der Waals surface area (Å²) in [6, 6.07) is 7.59. The van der Waals surface area contributed by atoms with Gasteiger partial charge in [-0.25, -0.2) is 0 Å². The van der Waals surface area contributed by atoms with Crippen molar-refractivity contribution in [2.75, 3.05) is 0 Å². The lowest BCUT2D eigenvalue weighted by atomic mass is 9.78. The number of nitriles is 1. The first-order chi connectivity index (χ1) is 8.06. The lowest BCUT2D eigenvalue weighted by molar-refractivity contribution is 0.0880. The molecule has 0 heterocycles. The largest absolute Gasteiger partial charge is 0.334 e. The van der Waals surface area contributed by atoms with Crippen molar-refractivity contribution in [3.05, 3.63) is 32.7 Å². The molecule has 17 heavy (non-hydrogen) atoms. The van der Waals surface area contributed by atoms with Crippen LogP contribution >= 0.6 is 31.9 Å². The summed E-state index contributed by atoms with van der Waals surface area (Å²) in [4.78, 5) is 12.1. The lowest BCUT2D eigenvalue weighted by Crippen LogP contribution is -2.52. The summed E-state index contributed by atoms with van der Waals surface area (Å²) in [5, 5.41) is 11.9. The average Bonchev–Trinajstić information content (AvgIpc) is 2.26. The van der Waals surface area contributed by atoms with Gasteiger partial charge in [0.1, 0.15) is 5.54 Å². The summed E-state index contributed by atoms with van der Waals surface area (Å²) in [5.74, 6) is -0.209. The van der Waals surface area contributed by atoms with Crippen LogP contribution in [0.25, 0.3) is 0 Å². The smallest absolute Gasteiger partial charge is 0.253 e. The first-order valence-electron chi connectivity index (χ1n) is 5.25. The van der Waals surface area contributed by atoms with Gasteiger partial charge in [0.15, 0.2) is 0 Å². The Morgan fingerprint density at radius 3 is 2.65 bits per heavy atom. The van der Waals surface area contributed by atoms with Crippen LogP contribution in [0.2, 0.25) is 0 Å². The zero-order valence-electron chi connectivity index (χ0n) is 8.96. The zero-order valence-corrected chi connectivity index (χ0v) is 12.1. The van der Waals surface area contributed by atoms with Crippen LogP contribution in [0.3, 0.4) is 0 Å². The second kappa shape index (κ2) is 4.79. The van der Waals surface area contributed by atoms with Crippen molar-refractivity contribution in [1.29, 1.82) is 5.26 Å². The molecule has 3 nitrogen and oxygen atoms in total. The van der Waals surface area contributed by atoms with E-state index in [1.54, 1.807) is 12.1 Å². The fourth-order valence-electron chi connectivity index (χ4n) is 1.75. The lowest BCUT2D eigenvalue weighted by Gasteiger charge is -2.35. The van der Waals surface area contributed by atoms with Crippen LogP contribution < -0.4 is 5.32 Å². The Morgan fingerprint density at radius 2 is 2.12 bits per heavy atom. The van der Waals surface area contributed by atoms with Crippen molar-refractivity contribution in [2.24, 2.45) is 0 Å². The van der Waals surface area contributed by atoms with Gasteiger partial charge in [-0.15, -0.1) is 0 Å². The highest BCUT2D eigenvalue weighted by Crippen LogP contribution is 2.32. The molecule has 0 bridgehead atoms. The number of nitrogens with zero attached hydrogens (tertiary/aromatic N) is 1. The van der Waals surface area contributed by atoms with E-state index >= 15 is 0 Å². The monoisotopic (exact) mass is 356 g/mol. The Bertz CT molecular complexity index is 504. The third kappa shape index (κ3) is 2.53. The number of hydrogen-bond donors (Lipinski definition) is 1. The van der Waals surface area contributed by atoms with Crippen LogP contribution in [0.5, 0.6) is 0 Å². The molecule has 0 radical (unpaired) electrons. The van der Waals surface area contributed by atoms with Crippen molar-refractivity contribution in [2.45, 2.75) is 24.8 Å². The van der Waals surface area contributed by atoms with Gasteiger partial charge in [-0.1, -0.05) is 15.9 Å². The van der Waals surface area contributed by atoms with Crippen LogP contribution in [0.15, 0.2) is 27.1 Å². The predicted molar refractivity (Wildman–Crippen MR) is 71.5 cm³/mol. The molecule has 0 unspecified atom stereocenters. The Morgan fingerprint density at radius 1 is 1.41 bits per heavy atom. The van der Waals surface area contributed by atoms with Gasteiger partial charge in [-0.2, -0.15) is 5.26 Å². The maximum absolute atomic E-state index is 12.1. The molecule has 1 aliphatic carbocycles. The Balaban J connectivity index is 2.20. The van der Waals surface area contributed by atoms with Crippen LogP contribution in [-0.2, 0) is 0 Å². The normalized spacial score (nSPS) is 16.8. The molecule has 88 valence electrons. The SMILES string of the molecule is N#CC1(NC(=O)c2cc(Br)ccc2Br)CCC1. The highest BCUT2D eigenvalue weighted by atomic mass is 79.9. The molecule has 1 amide bonds. The maximum atomic E-state index is 12.1. The molecule has 1 aromatic carbocycles. The highest BCUT2D eigenvalue weighted by molar-refractivity contribution is 9.11. The number of nitrogens with one attached hydrogen (secondary N) is 1. The Kier molecular flexibility index (Phi) is 3.55. The Hall–Kier alpha value is -0.860. The van der Waals surface area contributed by atoms with Gasteiger partial charge in [-0.05, 0) is 53.4 Å². The molecule has 1 saturated carbocycles. The van der Waals surface area contributed by atoms with E-state index in [-0.39, 0.29) is 5.91 Å². The van der Waals surface area contributed by atoms with Crippen LogP contribution in [-0.4, -0.2) is 11.4 Å². The molecule has 0 aromatic heterocycles. The number of amides is 1. The van der Waals surface area contributed by atoms with Gasteiger partial charge in [-0.3, -0.25) is 4.79 Å². The van der Waals surface area contributed by atoms with Gasteiger partial charge in [0.2, 0.25) is 0 Å². The van der Waals surface area contributed by atoms with E-state index in [2.05, 4.69) is 43.2 Å². The van der Waals surface area contributed by atoms with Crippen LogP contribution in [0, 0.1) is 11.3 Å². The summed E-state index contributed by atoms with van der Waals surface area (Å²) in [6.45, 7) is 0. The van der Waals surface area contributed by atoms with Gasteiger partial charge in [0.05, 0.1) is 11.6 Å². The van der Waals surface area contributed by atoms with E-state index in [9.17, 15) is 4.79 Å². The standard InChI is InChI=1S/C12H10Br2N2O/c13-8-2-3-10(14)9(6-8)11(17)16-12(7-15)4-1-5-12/h2-3,6H,1,4-5H2,(H,16,17). The maximum Gasteiger partial charge on any atom is 0.253 e. The molecule has 1 fully saturated rings. The van der Waals surface area contributed by atoms with E-state index in [0.717, 1.165) is 28.2 Å². The molecular weight excluding hydrogens is 348 g/mol. The van der Waals surface area contributed by atoms with E-state index in [1.165, 1.54) is 0 Å². The molecule has 2 rings (SSSR count). The third-order valence-corrected chi connectivity index (χ3v) is 4.13. The molecule has 0 atom stereocenters. The molecule has 0 saturated heterocycles. The van der Waals surface area contributed by atoms with Gasteiger partial charge < -0.3 is 5.32 Å². The van der Waals surface area contributed by atoms with Crippen LogP contribution in [0.4, 0.5) is 0 Å². The van der Waals surface area contributed by atoms with Crippen molar-refractivity contribution in [1.82, 2.24) is 5.32 Å². The summed E-state index contributed by atoms with van der Waals surface area (Å²) in [7, 11) is 0. The van der Waals surface area contributed by atoms with E-state index < -0.39 is 5.54 Å². The van der Waals surface area contributed by atoms with Crippen molar-refractivity contribution < 1.29 is 4.79 Å². The summed E-state index contributed by atoms with van der Waals surface area (Å²) < 4.78 is 1.57. The molecule has 0 aliphatic heterocycles. The van der Waals surface area contributed by atoms with Gasteiger partial charge in [0, 0.05) is 8.95 Å². The number of rotatable bonds is 2. The minimum absolute atomic E-state index is 0.209. The molecular formula is C12H10Br2N2O. The highest BCUT2D eigenvalue weighted by Gasteiger charge is 2.38. The zero-order chi connectivity index (χ0) is 12.5. The summed E-state index contributed by atoms with van der Waals surface area (Å²) in [6.07, 6.45) is 2.47. The molecule has 1 aliphatic rings. The van der Waals surface area contributed by atoms with E-state index in [4.69, 9.17) is 5.26 Å². The fourth-order valence-corrected chi connectivity index (χ4v) is 2.54. The summed E-state index contributed by atoms with van der Waals surface area (Å²) >= 11 is 6.66. The topological polar surface area (TPSA) is 52.9 Å². The van der Waals surface area contributed by atoms with Crippen molar-refractivity contribution in [3.63, 3.8) is 0 Å². The first kappa shape index (κ1) is 12.6. The minimum Gasteiger partial charge on any atom is -0.334 e. The molecule has 0 spiro atoms. The second-order valence-corrected chi connectivity index (χ2v) is 5.90. The number of carbonyl (C=O) groups excluding carboxylic acids is 1. The van der Waals surface area contributed by atoms with Crippen molar-refractivity contribution >= 4 is 37.8 Å². The average molecular weight is 358 g/mol. The fraction of sp³-hybridized carbons (Fsp3) is 0.333. The Labute approximate surface area is 116 Å². The van der Waals surface area contributed by atoms with Gasteiger partial charge in [0.25, 0.3) is 5.91 Å². The van der Waals surface area contributed by atoms with Gasteiger partial charge >= 0.3 is 0 Å². The molecule has 5 heteroatoms. The van der Waals surface area contributed by atoms with E-state index in [0.29, 0.717) is 5.56 Å². The number of halogens is 2. The second-order valence-electron chi connectivity index (χ2n) is 4.13. The van der Waals surface area contributed by atoms with E-state index in [1.807, 2.05) is 6.07 Å². The summed E-state index contributed by atoms with van der Waals surface area (Å²) in [5.41, 5.74) is -0.111. The molecule has 1 aromatic rings. The predicted octanol–water partition coefficient (Wildman–Crippen LogP) is 3.39. The number of benzene rings is 1. The number of hydrogen-bond acceptors (Lipinski definition) is 2. The third-order valence-electron chi connectivity index (χ3n) is 2.95. The quantitative estimate of drug-likeness (QED) is 0.881. The molecule has 1 N–H and O–H groups in total. The number of carbonyl (C=O) groups is 1. The van der Waals surface area contributed by atoms with Crippen LogP contribution in [0.1, 0.15) is 29.6 Å². The minimum atomic E-state index is -0.654.